The van der Waals surface area contributed by atoms with E-state index in [0.717, 1.165) is 23.9 Å². The maximum absolute atomic E-state index is 12.4. The predicted molar refractivity (Wildman–Crippen MR) is 93.4 cm³/mol. The SMILES string of the molecule is CCCCCCCCNC(=O)n1[nH]c2cccc(OC(=O)O)c2c1=O. The molecule has 8 heteroatoms. The molecule has 0 aliphatic heterocycles. The summed E-state index contributed by atoms with van der Waals surface area (Å²) in [5, 5.41) is 14.1. The Morgan fingerprint density at radius 3 is 2.64 bits per heavy atom. The second kappa shape index (κ2) is 8.91. The van der Waals surface area contributed by atoms with Crippen molar-refractivity contribution < 1.29 is 19.4 Å². The van der Waals surface area contributed by atoms with Crippen LogP contribution in [-0.4, -0.2) is 33.6 Å². The van der Waals surface area contributed by atoms with Crippen LogP contribution in [-0.2, 0) is 0 Å². The van der Waals surface area contributed by atoms with Crippen molar-refractivity contribution in [2.45, 2.75) is 45.4 Å². The number of carbonyl (C=O) groups is 2. The number of ether oxygens (including phenoxy) is 1. The molecule has 0 fully saturated rings. The maximum atomic E-state index is 12.4. The number of unbranched alkanes of at least 4 members (excludes halogenated alkanes) is 5. The number of hydrogen-bond donors (Lipinski definition) is 3. The largest absolute Gasteiger partial charge is 0.511 e. The zero-order chi connectivity index (χ0) is 18.2. The summed E-state index contributed by atoms with van der Waals surface area (Å²) in [6.07, 6.45) is 5.08. The third kappa shape index (κ3) is 4.85. The molecule has 25 heavy (non-hydrogen) atoms. The highest BCUT2D eigenvalue weighted by molar-refractivity contribution is 5.89. The van der Waals surface area contributed by atoms with E-state index < -0.39 is 17.7 Å². The fraction of sp³-hybridized carbons (Fsp3) is 0.471. The number of H-pyrrole nitrogens is 1. The Kier molecular flexibility index (Phi) is 6.62. The highest BCUT2D eigenvalue weighted by Gasteiger charge is 2.17. The van der Waals surface area contributed by atoms with E-state index in [2.05, 4.69) is 22.1 Å². The van der Waals surface area contributed by atoms with Crippen LogP contribution in [0.1, 0.15) is 45.4 Å². The van der Waals surface area contributed by atoms with Crippen LogP contribution in [0.3, 0.4) is 0 Å². The van der Waals surface area contributed by atoms with Gasteiger partial charge in [0.05, 0.1) is 5.52 Å². The number of rotatable bonds is 8. The van der Waals surface area contributed by atoms with E-state index in [-0.39, 0.29) is 11.1 Å². The Balaban J connectivity index is 2.01. The summed E-state index contributed by atoms with van der Waals surface area (Å²) < 4.78 is 5.43. The van der Waals surface area contributed by atoms with Crippen LogP contribution in [0.5, 0.6) is 5.75 Å². The number of aromatic nitrogens is 2. The van der Waals surface area contributed by atoms with Crippen molar-refractivity contribution in [2.24, 2.45) is 0 Å². The summed E-state index contributed by atoms with van der Waals surface area (Å²) in [5.41, 5.74) is -0.314. The monoisotopic (exact) mass is 349 g/mol. The average Bonchev–Trinajstić information content (AvgIpc) is 2.91. The first-order valence-corrected chi connectivity index (χ1v) is 8.47. The van der Waals surface area contributed by atoms with Crippen LogP contribution in [0.4, 0.5) is 9.59 Å². The van der Waals surface area contributed by atoms with E-state index in [4.69, 9.17) is 5.11 Å². The molecular formula is C17H23N3O5. The van der Waals surface area contributed by atoms with Gasteiger partial charge in [-0.05, 0) is 18.6 Å². The lowest BCUT2D eigenvalue weighted by Gasteiger charge is -2.04. The zero-order valence-electron chi connectivity index (χ0n) is 14.2. The Bertz CT molecular complexity index is 793. The van der Waals surface area contributed by atoms with E-state index in [1.165, 1.54) is 31.4 Å². The third-order valence-corrected chi connectivity index (χ3v) is 3.88. The van der Waals surface area contributed by atoms with Gasteiger partial charge in [0, 0.05) is 6.54 Å². The van der Waals surface area contributed by atoms with Crippen LogP contribution in [0.15, 0.2) is 23.0 Å². The van der Waals surface area contributed by atoms with Crippen LogP contribution in [0, 0.1) is 0 Å². The van der Waals surface area contributed by atoms with Crippen molar-refractivity contribution in [1.29, 1.82) is 0 Å². The average molecular weight is 349 g/mol. The Labute approximate surface area is 144 Å². The van der Waals surface area contributed by atoms with E-state index in [1.807, 2.05) is 0 Å². The van der Waals surface area contributed by atoms with Gasteiger partial charge in [-0.15, -0.1) is 0 Å². The van der Waals surface area contributed by atoms with E-state index in [0.29, 0.717) is 12.1 Å². The van der Waals surface area contributed by atoms with Gasteiger partial charge in [0.15, 0.2) is 0 Å². The number of amides is 1. The van der Waals surface area contributed by atoms with Gasteiger partial charge in [-0.1, -0.05) is 45.1 Å². The summed E-state index contributed by atoms with van der Waals surface area (Å²) in [5.74, 6) is -0.103. The fourth-order valence-corrected chi connectivity index (χ4v) is 2.63. The van der Waals surface area contributed by atoms with Gasteiger partial charge in [-0.25, -0.2) is 9.59 Å². The Morgan fingerprint density at radius 1 is 1.20 bits per heavy atom. The number of nitrogens with zero attached hydrogens (tertiary/aromatic N) is 1. The van der Waals surface area contributed by atoms with Gasteiger partial charge in [-0.3, -0.25) is 9.89 Å². The molecule has 1 aromatic heterocycles. The van der Waals surface area contributed by atoms with Crippen molar-refractivity contribution >= 4 is 23.1 Å². The van der Waals surface area contributed by atoms with Crippen LogP contribution in [0.25, 0.3) is 10.9 Å². The van der Waals surface area contributed by atoms with Gasteiger partial charge in [0.2, 0.25) is 0 Å². The molecule has 1 amide bonds. The lowest BCUT2D eigenvalue weighted by Crippen LogP contribution is -2.35. The summed E-state index contributed by atoms with van der Waals surface area (Å²) in [7, 11) is 0. The number of fused-ring (bicyclic) bond motifs is 1. The predicted octanol–water partition coefficient (Wildman–Crippen LogP) is 3.30. The van der Waals surface area contributed by atoms with Crippen LogP contribution < -0.4 is 15.6 Å². The lowest BCUT2D eigenvalue weighted by atomic mass is 10.1. The lowest BCUT2D eigenvalue weighted by molar-refractivity contribution is 0.145. The molecule has 0 unspecified atom stereocenters. The second-order valence-corrected chi connectivity index (χ2v) is 5.80. The molecule has 0 saturated heterocycles. The van der Waals surface area contributed by atoms with Gasteiger partial charge in [0.1, 0.15) is 11.1 Å². The highest BCUT2D eigenvalue weighted by atomic mass is 16.7. The summed E-state index contributed by atoms with van der Waals surface area (Å²) in [6.45, 7) is 2.64. The minimum absolute atomic E-state index is 0.0274. The van der Waals surface area contributed by atoms with Crippen LogP contribution >= 0.6 is 0 Å². The molecule has 0 saturated carbocycles. The molecule has 0 aliphatic rings. The molecule has 2 rings (SSSR count). The van der Waals surface area contributed by atoms with Crippen molar-refractivity contribution in [3.8, 4) is 5.75 Å². The molecule has 0 atom stereocenters. The summed E-state index contributed by atoms with van der Waals surface area (Å²) in [6, 6.07) is 3.90. The fourth-order valence-electron chi connectivity index (χ4n) is 2.63. The number of aromatic amines is 1. The molecular weight excluding hydrogens is 326 g/mol. The number of carbonyl (C=O) groups excluding carboxylic acids is 1. The first kappa shape index (κ1) is 18.6. The smallest absolute Gasteiger partial charge is 0.449 e. The molecule has 136 valence electrons. The quantitative estimate of drug-likeness (QED) is 0.384. The van der Waals surface area contributed by atoms with Gasteiger partial charge < -0.3 is 15.2 Å². The van der Waals surface area contributed by atoms with Crippen molar-refractivity contribution in [2.75, 3.05) is 6.54 Å². The topological polar surface area (TPSA) is 113 Å². The second-order valence-electron chi connectivity index (χ2n) is 5.80. The minimum atomic E-state index is -1.52. The molecule has 0 spiro atoms. The first-order chi connectivity index (χ1) is 12.0. The third-order valence-electron chi connectivity index (χ3n) is 3.88. The van der Waals surface area contributed by atoms with Crippen LogP contribution in [0.2, 0.25) is 0 Å². The number of nitrogens with one attached hydrogen (secondary N) is 2. The van der Waals surface area contributed by atoms with Crippen molar-refractivity contribution in [3.63, 3.8) is 0 Å². The molecule has 0 bridgehead atoms. The molecule has 8 nitrogen and oxygen atoms in total. The molecule has 1 aromatic carbocycles. The number of carboxylic acid groups (broad SMARTS) is 1. The Morgan fingerprint density at radius 2 is 1.92 bits per heavy atom. The number of benzene rings is 1. The molecule has 3 N–H and O–H groups in total. The minimum Gasteiger partial charge on any atom is -0.449 e. The molecule has 2 aromatic rings. The van der Waals surface area contributed by atoms with Gasteiger partial charge in [0.25, 0.3) is 5.56 Å². The van der Waals surface area contributed by atoms with Crippen molar-refractivity contribution in [1.82, 2.24) is 15.1 Å². The molecule has 0 radical (unpaired) electrons. The first-order valence-electron chi connectivity index (χ1n) is 8.47. The van der Waals surface area contributed by atoms with E-state index in [1.54, 1.807) is 6.07 Å². The van der Waals surface area contributed by atoms with E-state index >= 15 is 0 Å². The molecule has 1 heterocycles. The summed E-state index contributed by atoms with van der Waals surface area (Å²) in [4.78, 5) is 35.3. The van der Waals surface area contributed by atoms with Gasteiger partial charge >= 0.3 is 12.2 Å². The standard InChI is InChI=1S/C17H23N3O5/c1-2-3-4-5-6-7-11-18-16(22)20-15(21)14-12(19-20)9-8-10-13(14)25-17(23)24/h8-10,19H,2-7,11H2,1H3,(H,18,22)(H,23,24). The van der Waals surface area contributed by atoms with Gasteiger partial charge in [-0.2, -0.15) is 4.68 Å². The van der Waals surface area contributed by atoms with Crippen molar-refractivity contribution in [3.05, 3.63) is 28.6 Å². The number of hydrogen-bond acceptors (Lipinski definition) is 4. The molecule has 0 aliphatic carbocycles. The maximum Gasteiger partial charge on any atom is 0.511 e. The normalized spacial score (nSPS) is 10.8. The highest BCUT2D eigenvalue weighted by Crippen LogP contribution is 2.21. The zero-order valence-corrected chi connectivity index (χ0v) is 14.2. The van der Waals surface area contributed by atoms with E-state index in [9.17, 15) is 14.4 Å². The Hall–Kier alpha value is -2.77. The summed E-state index contributed by atoms with van der Waals surface area (Å²) >= 11 is 0.